The smallest absolute Gasteiger partial charge is 0.170 e. The molecule has 0 radical (unpaired) electrons. The van der Waals surface area contributed by atoms with Gasteiger partial charge in [0, 0.05) is 17.7 Å². The van der Waals surface area contributed by atoms with Crippen LogP contribution in [0.4, 0.5) is 0 Å². The van der Waals surface area contributed by atoms with Crippen molar-refractivity contribution in [2.75, 3.05) is 0 Å². The molecule has 3 nitrogen and oxygen atoms in total. The predicted octanol–water partition coefficient (Wildman–Crippen LogP) is 3.24. The van der Waals surface area contributed by atoms with Gasteiger partial charge in [0.15, 0.2) is 4.34 Å². The molecule has 0 aliphatic heterocycles. The number of rotatable bonds is 3. The fourth-order valence-corrected chi connectivity index (χ4v) is 4.35. The maximum atomic E-state index is 6.27. The van der Waals surface area contributed by atoms with Gasteiger partial charge in [0.2, 0.25) is 0 Å². The third-order valence-corrected chi connectivity index (χ3v) is 5.51. The van der Waals surface area contributed by atoms with Crippen LogP contribution >= 0.6 is 23.3 Å². The molecule has 1 aromatic heterocycles. The second kappa shape index (κ2) is 6.71. The molecule has 0 saturated heterocycles. The number of aryl methyl sites for hydroxylation is 1. The van der Waals surface area contributed by atoms with E-state index in [1.54, 1.807) is 0 Å². The van der Waals surface area contributed by atoms with E-state index in [1.807, 2.05) is 11.8 Å². The van der Waals surface area contributed by atoms with Gasteiger partial charge in [-0.15, -0.1) is 0 Å². The lowest BCUT2D eigenvalue weighted by molar-refractivity contribution is 0.463. The minimum Gasteiger partial charge on any atom is -0.327 e. The Labute approximate surface area is 112 Å². The Morgan fingerprint density at radius 2 is 2.06 bits per heavy atom. The van der Waals surface area contributed by atoms with Gasteiger partial charge in [-0.25, -0.2) is 4.98 Å². The summed E-state index contributed by atoms with van der Waals surface area (Å²) in [5, 5.41) is 0.535. The van der Waals surface area contributed by atoms with Crippen molar-refractivity contribution in [3.63, 3.8) is 0 Å². The average Bonchev–Trinajstić information content (AvgIpc) is 2.77. The van der Waals surface area contributed by atoms with Crippen molar-refractivity contribution in [1.82, 2.24) is 9.36 Å². The number of aromatic nitrogens is 2. The molecule has 2 N–H and O–H groups in total. The Balaban J connectivity index is 1.94. The summed E-state index contributed by atoms with van der Waals surface area (Å²) in [6.07, 6.45) is 8.63. The first-order valence-electron chi connectivity index (χ1n) is 6.54. The quantitative estimate of drug-likeness (QED) is 0.917. The minimum absolute atomic E-state index is 0.328. The van der Waals surface area contributed by atoms with E-state index in [0.29, 0.717) is 11.3 Å². The first-order chi connectivity index (χ1) is 8.29. The van der Waals surface area contributed by atoms with Crippen molar-refractivity contribution in [3.8, 4) is 0 Å². The summed E-state index contributed by atoms with van der Waals surface area (Å²) >= 11 is 3.38. The van der Waals surface area contributed by atoms with Crippen molar-refractivity contribution in [1.29, 1.82) is 0 Å². The average molecular weight is 271 g/mol. The Morgan fingerprint density at radius 3 is 2.76 bits per heavy atom. The van der Waals surface area contributed by atoms with Crippen LogP contribution in [0.3, 0.4) is 0 Å². The molecular formula is C12H21N3S2. The van der Waals surface area contributed by atoms with Gasteiger partial charge < -0.3 is 5.73 Å². The van der Waals surface area contributed by atoms with Gasteiger partial charge >= 0.3 is 0 Å². The van der Waals surface area contributed by atoms with Crippen LogP contribution in [-0.2, 0) is 6.42 Å². The highest BCUT2D eigenvalue weighted by atomic mass is 32.2. The lowest BCUT2D eigenvalue weighted by Crippen LogP contribution is -2.33. The summed E-state index contributed by atoms with van der Waals surface area (Å²) in [7, 11) is 0. The van der Waals surface area contributed by atoms with Crippen LogP contribution in [0.15, 0.2) is 4.34 Å². The van der Waals surface area contributed by atoms with Gasteiger partial charge in [-0.1, -0.05) is 44.4 Å². The van der Waals surface area contributed by atoms with Crippen molar-refractivity contribution in [2.24, 2.45) is 5.73 Å². The van der Waals surface area contributed by atoms with Gasteiger partial charge in [0.1, 0.15) is 5.82 Å². The zero-order chi connectivity index (χ0) is 12.1. The van der Waals surface area contributed by atoms with E-state index < -0.39 is 0 Å². The maximum absolute atomic E-state index is 6.27. The largest absolute Gasteiger partial charge is 0.327 e. The molecule has 2 rings (SSSR count). The van der Waals surface area contributed by atoms with Crippen LogP contribution in [0, 0.1) is 0 Å². The molecule has 0 amide bonds. The summed E-state index contributed by atoms with van der Waals surface area (Å²) in [4.78, 5) is 4.53. The Kier molecular flexibility index (Phi) is 5.25. The molecule has 1 aliphatic rings. The maximum Gasteiger partial charge on any atom is 0.170 e. The van der Waals surface area contributed by atoms with Crippen LogP contribution in [0.5, 0.6) is 0 Å². The highest BCUT2D eigenvalue weighted by Crippen LogP contribution is 2.32. The van der Waals surface area contributed by atoms with E-state index in [2.05, 4.69) is 16.3 Å². The van der Waals surface area contributed by atoms with Crippen LogP contribution < -0.4 is 5.73 Å². The van der Waals surface area contributed by atoms with Crippen LogP contribution in [-0.4, -0.2) is 20.6 Å². The van der Waals surface area contributed by atoms with E-state index in [1.165, 1.54) is 43.6 Å². The van der Waals surface area contributed by atoms with Crippen molar-refractivity contribution in [3.05, 3.63) is 5.82 Å². The van der Waals surface area contributed by atoms with Crippen molar-refractivity contribution >= 4 is 23.3 Å². The zero-order valence-corrected chi connectivity index (χ0v) is 12.0. The number of nitrogens with zero attached hydrogens (tertiary/aromatic N) is 2. The molecule has 1 fully saturated rings. The monoisotopic (exact) mass is 271 g/mol. The van der Waals surface area contributed by atoms with E-state index >= 15 is 0 Å². The van der Waals surface area contributed by atoms with Gasteiger partial charge in [-0.3, -0.25) is 0 Å². The molecule has 0 bridgehead atoms. The molecule has 1 aromatic rings. The lowest BCUT2D eigenvalue weighted by atomic mass is 9.97. The number of hydrogen-bond acceptors (Lipinski definition) is 5. The molecule has 5 heteroatoms. The molecular weight excluding hydrogens is 250 g/mol. The molecule has 1 aliphatic carbocycles. The first-order valence-corrected chi connectivity index (χ1v) is 8.19. The number of hydrogen-bond donors (Lipinski definition) is 1. The standard InChI is InChI=1S/C12H21N3S2/c1-2-11-14-12(17-15-11)16-10-8-6-4-3-5-7-9(10)13/h9-10H,2-8,13H2,1H3. The van der Waals surface area contributed by atoms with Crippen LogP contribution in [0.2, 0.25) is 0 Å². The van der Waals surface area contributed by atoms with Gasteiger partial charge in [0.05, 0.1) is 0 Å². The molecule has 1 saturated carbocycles. The third kappa shape index (κ3) is 3.93. The highest BCUT2D eigenvalue weighted by Gasteiger charge is 2.22. The summed E-state index contributed by atoms with van der Waals surface area (Å²) in [6.45, 7) is 2.10. The fourth-order valence-electron chi connectivity index (χ4n) is 2.18. The normalized spacial score (nSPS) is 26.5. The molecule has 2 atom stereocenters. The molecule has 17 heavy (non-hydrogen) atoms. The second-order valence-corrected chi connectivity index (χ2v) is 6.88. The Morgan fingerprint density at radius 1 is 1.29 bits per heavy atom. The SMILES string of the molecule is CCc1nsc(SC2CCCCCCC2N)n1. The van der Waals surface area contributed by atoms with Crippen molar-refractivity contribution < 1.29 is 0 Å². The van der Waals surface area contributed by atoms with Gasteiger partial charge in [-0.05, 0) is 24.4 Å². The molecule has 2 unspecified atom stereocenters. The van der Waals surface area contributed by atoms with Gasteiger partial charge in [-0.2, -0.15) is 4.37 Å². The summed E-state index contributed by atoms with van der Waals surface area (Å²) in [5.41, 5.74) is 6.27. The Hall–Kier alpha value is -0.130. The molecule has 0 aromatic carbocycles. The zero-order valence-electron chi connectivity index (χ0n) is 10.4. The molecule has 1 heterocycles. The molecule has 0 spiro atoms. The van der Waals surface area contributed by atoms with Crippen LogP contribution in [0.1, 0.15) is 51.3 Å². The number of thioether (sulfide) groups is 1. The third-order valence-electron chi connectivity index (χ3n) is 3.27. The fraction of sp³-hybridized carbons (Fsp3) is 0.833. The summed E-state index contributed by atoms with van der Waals surface area (Å²) in [5.74, 6) is 0.969. The minimum atomic E-state index is 0.328. The lowest BCUT2D eigenvalue weighted by Gasteiger charge is -2.24. The Bertz CT molecular complexity index is 340. The van der Waals surface area contributed by atoms with E-state index in [-0.39, 0.29) is 0 Å². The first kappa shape index (κ1) is 13.3. The topological polar surface area (TPSA) is 51.8 Å². The summed E-state index contributed by atoms with van der Waals surface area (Å²) in [6, 6.07) is 0.328. The van der Waals surface area contributed by atoms with E-state index in [4.69, 9.17) is 5.73 Å². The second-order valence-electron chi connectivity index (χ2n) is 4.64. The van der Waals surface area contributed by atoms with Gasteiger partial charge in [0.25, 0.3) is 0 Å². The van der Waals surface area contributed by atoms with E-state index in [0.717, 1.165) is 23.0 Å². The highest BCUT2D eigenvalue weighted by molar-refractivity contribution is 8.01. The van der Waals surface area contributed by atoms with E-state index in [9.17, 15) is 0 Å². The van der Waals surface area contributed by atoms with Crippen molar-refractivity contribution in [2.45, 2.75) is 67.5 Å². The predicted molar refractivity (Wildman–Crippen MR) is 74.6 cm³/mol. The molecule has 96 valence electrons. The van der Waals surface area contributed by atoms with Crippen LogP contribution in [0.25, 0.3) is 0 Å². The number of nitrogens with two attached hydrogens (primary N) is 1. The summed E-state index contributed by atoms with van der Waals surface area (Å²) < 4.78 is 5.44.